The van der Waals surface area contributed by atoms with Crippen molar-refractivity contribution in [3.05, 3.63) is 60.2 Å². The third-order valence-corrected chi connectivity index (χ3v) is 4.67. The molecular weight excluding hydrogens is 248 g/mol. The van der Waals surface area contributed by atoms with Gasteiger partial charge in [0.05, 0.1) is 13.2 Å². The molecule has 20 heavy (non-hydrogen) atoms. The van der Waals surface area contributed by atoms with E-state index >= 15 is 0 Å². The lowest BCUT2D eigenvalue weighted by Crippen LogP contribution is -2.41. The number of benzene rings is 2. The van der Waals surface area contributed by atoms with Crippen LogP contribution in [0.25, 0.3) is 11.1 Å². The van der Waals surface area contributed by atoms with Gasteiger partial charge in [-0.15, -0.1) is 0 Å². The third-order valence-electron chi connectivity index (χ3n) is 4.67. The Morgan fingerprint density at radius 3 is 2.30 bits per heavy atom. The Hall–Kier alpha value is -1.64. The number of ether oxygens (including phenoxy) is 1. The number of hydrogen-bond donors (Lipinski definition) is 1. The molecule has 2 nitrogen and oxygen atoms in total. The zero-order valence-electron chi connectivity index (χ0n) is 12.0. The van der Waals surface area contributed by atoms with Gasteiger partial charge < -0.3 is 9.84 Å². The Bertz CT molecular complexity index is 602. The second-order valence-electron chi connectivity index (χ2n) is 5.92. The molecule has 2 aromatic carbocycles. The molecule has 0 spiro atoms. The van der Waals surface area contributed by atoms with Crippen LogP contribution in [0.5, 0.6) is 0 Å². The summed E-state index contributed by atoms with van der Waals surface area (Å²) in [5.41, 5.74) is 2.83. The molecular formula is C18H20O2. The van der Waals surface area contributed by atoms with Gasteiger partial charge in [0, 0.05) is 5.41 Å². The standard InChI is InChI=1S/C18H20O2/c1-17(12-19,18(2)13-20-18)16-11-7-6-10-15(16)14-8-4-3-5-9-14/h3-11,19H,12-13H2,1-2H3. The number of aliphatic hydroxyl groups is 1. The Kier molecular flexibility index (Phi) is 3.15. The van der Waals surface area contributed by atoms with Crippen molar-refractivity contribution >= 4 is 0 Å². The van der Waals surface area contributed by atoms with Crippen molar-refractivity contribution in [3.8, 4) is 11.1 Å². The summed E-state index contributed by atoms with van der Waals surface area (Å²) in [4.78, 5) is 0. The lowest BCUT2D eigenvalue weighted by atomic mass is 9.70. The van der Waals surface area contributed by atoms with E-state index in [4.69, 9.17) is 4.74 Å². The van der Waals surface area contributed by atoms with Gasteiger partial charge in [0.1, 0.15) is 5.60 Å². The van der Waals surface area contributed by atoms with Crippen molar-refractivity contribution in [1.82, 2.24) is 0 Å². The molecule has 2 unspecified atom stereocenters. The molecule has 0 radical (unpaired) electrons. The molecule has 104 valence electrons. The van der Waals surface area contributed by atoms with Gasteiger partial charge in [-0.05, 0) is 23.6 Å². The summed E-state index contributed by atoms with van der Waals surface area (Å²) in [5, 5.41) is 10.0. The van der Waals surface area contributed by atoms with Crippen molar-refractivity contribution < 1.29 is 9.84 Å². The summed E-state index contributed by atoms with van der Waals surface area (Å²) in [7, 11) is 0. The molecule has 0 aliphatic carbocycles. The van der Waals surface area contributed by atoms with E-state index < -0.39 is 0 Å². The lowest BCUT2D eigenvalue weighted by Gasteiger charge is -2.34. The van der Waals surface area contributed by atoms with E-state index in [0.29, 0.717) is 6.61 Å². The van der Waals surface area contributed by atoms with Crippen LogP contribution in [0, 0.1) is 0 Å². The zero-order valence-corrected chi connectivity index (χ0v) is 12.0. The Morgan fingerprint density at radius 2 is 1.70 bits per heavy atom. The van der Waals surface area contributed by atoms with Gasteiger partial charge in [0.15, 0.2) is 0 Å². The molecule has 2 aromatic rings. The van der Waals surface area contributed by atoms with E-state index in [-0.39, 0.29) is 17.6 Å². The summed E-state index contributed by atoms with van der Waals surface area (Å²) in [5.74, 6) is 0. The number of aliphatic hydroxyl groups excluding tert-OH is 1. The predicted molar refractivity (Wildman–Crippen MR) is 80.7 cm³/mol. The second kappa shape index (κ2) is 4.72. The van der Waals surface area contributed by atoms with E-state index in [2.05, 4.69) is 38.1 Å². The fourth-order valence-electron chi connectivity index (χ4n) is 2.80. The zero-order chi connectivity index (χ0) is 14.2. The Labute approximate surface area is 120 Å². The highest BCUT2D eigenvalue weighted by molar-refractivity contribution is 5.69. The van der Waals surface area contributed by atoms with Crippen LogP contribution in [0.1, 0.15) is 19.4 Å². The molecule has 3 rings (SSSR count). The van der Waals surface area contributed by atoms with Crippen LogP contribution in [0.15, 0.2) is 54.6 Å². The van der Waals surface area contributed by atoms with Crippen LogP contribution in [-0.4, -0.2) is 23.9 Å². The van der Waals surface area contributed by atoms with E-state index in [0.717, 1.165) is 5.56 Å². The first kappa shape index (κ1) is 13.3. The molecule has 1 N–H and O–H groups in total. The maximum absolute atomic E-state index is 10.0. The maximum atomic E-state index is 10.0. The van der Waals surface area contributed by atoms with Gasteiger partial charge in [0.25, 0.3) is 0 Å². The number of rotatable bonds is 4. The van der Waals surface area contributed by atoms with Gasteiger partial charge in [-0.1, -0.05) is 61.5 Å². The van der Waals surface area contributed by atoms with Gasteiger partial charge in [-0.25, -0.2) is 0 Å². The third kappa shape index (κ3) is 1.96. The summed E-state index contributed by atoms with van der Waals surface area (Å²) in [6.07, 6.45) is 0. The van der Waals surface area contributed by atoms with Crippen molar-refractivity contribution in [1.29, 1.82) is 0 Å². The topological polar surface area (TPSA) is 32.8 Å². The summed E-state index contributed by atoms with van der Waals surface area (Å²) >= 11 is 0. The van der Waals surface area contributed by atoms with E-state index in [1.165, 1.54) is 11.1 Å². The molecule has 2 atom stereocenters. The SMILES string of the molecule is CC1(C(C)(CO)c2ccccc2-c2ccccc2)CO1. The van der Waals surface area contributed by atoms with Gasteiger partial charge in [-0.2, -0.15) is 0 Å². The summed E-state index contributed by atoms with van der Waals surface area (Å²) in [6, 6.07) is 18.6. The Balaban J connectivity index is 2.15. The first-order chi connectivity index (χ1) is 9.61. The lowest BCUT2D eigenvalue weighted by molar-refractivity contribution is 0.122. The van der Waals surface area contributed by atoms with Crippen molar-refractivity contribution in [2.75, 3.05) is 13.2 Å². The molecule has 0 bridgehead atoms. The van der Waals surface area contributed by atoms with Gasteiger partial charge in [0.2, 0.25) is 0 Å². The van der Waals surface area contributed by atoms with Crippen molar-refractivity contribution in [2.45, 2.75) is 24.9 Å². The van der Waals surface area contributed by atoms with Crippen molar-refractivity contribution in [2.24, 2.45) is 0 Å². The molecule has 1 saturated heterocycles. The smallest absolute Gasteiger partial charge is 0.100 e. The highest BCUT2D eigenvalue weighted by Crippen LogP contribution is 2.48. The quantitative estimate of drug-likeness (QED) is 0.862. The van der Waals surface area contributed by atoms with E-state index in [1.54, 1.807) is 0 Å². The van der Waals surface area contributed by atoms with Crippen molar-refractivity contribution in [3.63, 3.8) is 0 Å². The maximum Gasteiger partial charge on any atom is 0.100 e. The van der Waals surface area contributed by atoms with Crippen LogP contribution < -0.4 is 0 Å². The molecule has 0 aromatic heterocycles. The first-order valence-corrected chi connectivity index (χ1v) is 7.00. The van der Waals surface area contributed by atoms with Crippen LogP contribution >= 0.6 is 0 Å². The van der Waals surface area contributed by atoms with Crippen LogP contribution in [0.3, 0.4) is 0 Å². The van der Waals surface area contributed by atoms with E-state index in [9.17, 15) is 5.11 Å². The van der Waals surface area contributed by atoms with Gasteiger partial charge >= 0.3 is 0 Å². The normalized spacial score (nSPS) is 24.1. The largest absolute Gasteiger partial charge is 0.395 e. The molecule has 0 amide bonds. The monoisotopic (exact) mass is 268 g/mol. The summed E-state index contributed by atoms with van der Waals surface area (Å²) < 4.78 is 5.64. The van der Waals surface area contributed by atoms with Crippen LogP contribution in [0.2, 0.25) is 0 Å². The van der Waals surface area contributed by atoms with Crippen LogP contribution in [-0.2, 0) is 10.2 Å². The summed E-state index contributed by atoms with van der Waals surface area (Å²) in [6.45, 7) is 4.94. The molecule has 1 heterocycles. The molecule has 1 fully saturated rings. The average molecular weight is 268 g/mol. The molecule has 0 saturated carbocycles. The Morgan fingerprint density at radius 1 is 1.10 bits per heavy atom. The first-order valence-electron chi connectivity index (χ1n) is 7.00. The fourth-order valence-corrected chi connectivity index (χ4v) is 2.80. The minimum absolute atomic E-state index is 0.0767. The molecule has 1 aliphatic rings. The second-order valence-corrected chi connectivity index (χ2v) is 5.92. The minimum atomic E-state index is -0.389. The van der Waals surface area contributed by atoms with Gasteiger partial charge in [-0.3, -0.25) is 0 Å². The highest BCUT2D eigenvalue weighted by Gasteiger charge is 2.56. The minimum Gasteiger partial charge on any atom is -0.395 e. The van der Waals surface area contributed by atoms with Crippen LogP contribution in [0.4, 0.5) is 0 Å². The fraction of sp³-hybridized carbons (Fsp3) is 0.333. The van der Waals surface area contributed by atoms with E-state index in [1.807, 2.05) is 30.3 Å². The molecule has 2 heteroatoms. The number of epoxide rings is 1. The average Bonchev–Trinajstić information content (AvgIpc) is 3.27. The number of hydrogen-bond acceptors (Lipinski definition) is 2. The predicted octanol–water partition coefficient (Wildman–Crippen LogP) is 3.39. The molecule has 1 aliphatic heterocycles. The highest BCUT2D eigenvalue weighted by atomic mass is 16.6.